The van der Waals surface area contributed by atoms with E-state index in [0.29, 0.717) is 24.3 Å². The number of nitrogens with zero attached hydrogens (tertiary/aromatic N) is 3. The van der Waals surface area contributed by atoms with Gasteiger partial charge in [0.1, 0.15) is 18.2 Å². The van der Waals surface area contributed by atoms with Crippen LogP contribution in [0.1, 0.15) is 12.7 Å². The Morgan fingerprint density at radius 1 is 1.53 bits per heavy atom. The van der Waals surface area contributed by atoms with Gasteiger partial charge in [0.05, 0.1) is 0 Å². The molecule has 5 nitrogen and oxygen atoms in total. The number of thioether (sulfide) groups is 1. The second-order valence-corrected chi connectivity index (χ2v) is 4.83. The van der Waals surface area contributed by atoms with E-state index in [1.165, 1.54) is 0 Å². The molecule has 1 atom stereocenters. The molecule has 0 aliphatic heterocycles. The van der Waals surface area contributed by atoms with E-state index in [4.69, 9.17) is 10.5 Å². The van der Waals surface area contributed by atoms with Gasteiger partial charge in [-0.3, -0.25) is 0 Å². The first kappa shape index (κ1) is 14.1. The number of hydrogen-bond acceptors (Lipinski definition) is 6. The van der Waals surface area contributed by atoms with E-state index in [2.05, 4.69) is 28.0 Å². The molecule has 1 aromatic rings. The van der Waals surface area contributed by atoms with Crippen LogP contribution in [0, 0.1) is 0 Å². The molecule has 1 rings (SSSR count). The van der Waals surface area contributed by atoms with Gasteiger partial charge in [0.25, 0.3) is 0 Å². The van der Waals surface area contributed by atoms with Crippen molar-refractivity contribution in [3.8, 4) is 0 Å². The molecule has 0 aliphatic carbocycles. The quantitative estimate of drug-likeness (QED) is 0.830. The Bertz CT molecular complexity index is 361. The lowest BCUT2D eigenvalue weighted by molar-refractivity contribution is 0.178. The van der Waals surface area contributed by atoms with E-state index < -0.39 is 0 Å². The van der Waals surface area contributed by atoms with Gasteiger partial charge in [-0.05, 0) is 13.2 Å². The number of hydrogen-bond donors (Lipinski definition) is 1. The van der Waals surface area contributed by atoms with E-state index in [-0.39, 0.29) is 0 Å². The van der Waals surface area contributed by atoms with Crippen LogP contribution in [0.2, 0.25) is 0 Å². The first-order valence-corrected chi connectivity index (χ1v) is 6.82. The van der Waals surface area contributed by atoms with Gasteiger partial charge in [-0.2, -0.15) is 11.8 Å². The van der Waals surface area contributed by atoms with E-state index in [0.717, 1.165) is 11.6 Å². The Hall–Kier alpha value is -1.01. The summed E-state index contributed by atoms with van der Waals surface area (Å²) >= 11 is 1.81. The molecule has 0 spiro atoms. The third kappa shape index (κ3) is 4.05. The van der Waals surface area contributed by atoms with E-state index in [1.54, 1.807) is 13.2 Å². The zero-order valence-corrected chi connectivity index (χ0v) is 11.6. The number of nitrogen functional groups attached to an aromatic ring is 1. The normalized spacial score (nSPS) is 12.5. The van der Waals surface area contributed by atoms with Gasteiger partial charge in [0.2, 0.25) is 0 Å². The third-order valence-electron chi connectivity index (χ3n) is 2.48. The minimum atomic E-state index is 0.378. The number of rotatable bonds is 6. The van der Waals surface area contributed by atoms with Crippen molar-refractivity contribution in [2.24, 2.45) is 0 Å². The fourth-order valence-corrected chi connectivity index (χ4v) is 2.16. The highest BCUT2D eigenvalue weighted by atomic mass is 32.2. The number of anilines is 2. The van der Waals surface area contributed by atoms with Crippen molar-refractivity contribution in [1.82, 2.24) is 9.97 Å². The summed E-state index contributed by atoms with van der Waals surface area (Å²) in [5.41, 5.74) is 5.76. The zero-order chi connectivity index (χ0) is 12.8. The van der Waals surface area contributed by atoms with Gasteiger partial charge in [0.15, 0.2) is 5.82 Å². The van der Waals surface area contributed by atoms with Crippen molar-refractivity contribution in [2.45, 2.75) is 19.6 Å². The molecule has 0 saturated carbocycles. The molecule has 1 heterocycles. The summed E-state index contributed by atoms with van der Waals surface area (Å²) in [6, 6.07) is 2.19. The van der Waals surface area contributed by atoms with Crippen LogP contribution in [0.5, 0.6) is 0 Å². The van der Waals surface area contributed by atoms with Crippen LogP contribution in [0.4, 0.5) is 11.6 Å². The maximum Gasteiger partial charge on any atom is 0.158 e. The topological polar surface area (TPSA) is 64.3 Å². The molecule has 0 aromatic carbocycles. The van der Waals surface area contributed by atoms with E-state index >= 15 is 0 Å². The minimum Gasteiger partial charge on any atom is -0.384 e. The molecule has 0 amide bonds. The highest BCUT2D eigenvalue weighted by Crippen LogP contribution is 2.17. The lowest BCUT2D eigenvalue weighted by Crippen LogP contribution is -2.32. The smallest absolute Gasteiger partial charge is 0.158 e. The molecule has 0 saturated heterocycles. The SMILES string of the molecule is COCc1nc(N)cc(N(C)C(C)CSC)n1. The summed E-state index contributed by atoms with van der Waals surface area (Å²) in [7, 11) is 3.63. The highest BCUT2D eigenvalue weighted by molar-refractivity contribution is 7.98. The van der Waals surface area contributed by atoms with Gasteiger partial charge in [-0.15, -0.1) is 0 Å². The maximum atomic E-state index is 5.76. The van der Waals surface area contributed by atoms with Crippen LogP contribution >= 0.6 is 11.8 Å². The molecule has 0 radical (unpaired) electrons. The summed E-state index contributed by atoms with van der Waals surface area (Å²) in [6.07, 6.45) is 2.09. The fourth-order valence-electron chi connectivity index (χ4n) is 1.46. The van der Waals surface area contributed by atoms with Crippen LogP contribution in [0.25, 0.3) is 0 Å². The van der Waals surface area contributed by atoms with Crippen LogP contribution < -0.4 is 10.6 Å². The summed E-state index contributed by atoms with van der Waals surface area (Å²) in [4.78, 5) is 10.7. The van der Waals surface area contributed by atoms with E-state index in [9.17, 15) is 0 Å². The first-order chi connectivity index (χ1) is 8.08. The Morgan fingerprint density at radius 3 is 2.82 bits per heavy atom. The number of aromatic nitrogens is 2. The van der Waals surface area contributed by atoms with Gasteiger partial charge in [0, 0.05) is 32.0 Å². The summed E-state index contributed by atoms with van der Waals surface area (Å²) in [5.74, 6) is 2.97. The van der Waals surface area contributed by atoms with Crippen molar-refractivity contribution in [1.29, 1.82) is 0 Å². The van der Waals surface area contributed by atoms with Gasteiger partial charge < -0.3 is 15.4 Å². The van der Waals surface area contributed by atoms with Crippen molar-refractivity contribution in [3.05, 3.63) is 11.9 Å². The molecule has 17 heavy (non-hydrogen) atoms. The highest BCUT2D eigenvalue weighted by Gasteiger charge is 2.12. The summed E-state index contributed by atoms with van der Waals surface area (Å²) in [5, 5.41) is 0. The Balaban J connectivity index is 2.88. The summed E-state index contributed by atoms with van der Waals surface area (Å²) < 4.78 is 5.02. The third-order valence-corrected chi connectivity index (χ3v) is 3.30. The van der Waals surface area contributed by atoms with Crippen LogP contribution in [-0.4, -0.2) is 42.2 Å². The predicted octanol–water partition coefficient (Wildman–Crippen LogP) is 1.39. The molecule has 96 valence electrons. The van der Waals surface area contributed by atoms with Gasteiger partial charge in [-0.25, -0.2) is 9.97 Å². The molecular formula is C11H20N4OS. The lowest BCUT2D eigenvalue weighted by Gasteiger charge is -2.25. The molecule has 6 heteroatoms. The number of methoxy groups -OCH3 is 1. The van der Waals surface area contributed by atoms with Crippen LogP contribution in [0.3, 0.4) is 0 Å². The zero-order valence-electron chi connectivity index (χ0n) is 10.8. The molecule has 0 bridgehead atoms. The average molecular weight is 256 g/mol. The monoisotopic (exact) mass is 256 g/mol. The fraction of sp³-hybridized carbons (Fsp3) is 0.636. The standard InChI is InChI=1S/C11H20N4OS/c1-8(7-17-4)15(2)11-5-9(12)13-10(14-11)6-16-3/h5,8H,6-7H2,1-4H3,(H2,12,13,14). The van der Waals surface area contributed by atoms with E-state index in [1.807, 2.05) is 18.8 Å². The number of ether oxygens (including phenoxy) is 1. The minimum absolute atomic E-state index is 0.378. The summed E-state index contributed by atoms with van der Waals surface area (Å²) in [6.45, 7) is 2.54. The van der Waals surface area contributed by atoms with Crippen LogP contribution in [0.15, 0.2) is 6.07 Å². The molecule has 1 aromatic heterocycles. The van der Waals surface area contributed by atoms with Crippen molar-refractivity contribution < 1.29 is 4.74 Å². The second kappa shape index (κ2) is 6.66. The molecule has 1 unspecified atom stereocenters. The predicted molar refractivity (Wildman–Crippen MR) is 73.4 cm³/mol. The Labute approximate surface area is 107 Å². The van der Waals surface area contributed by atoms with Crippen molar-refractivity contribution in [2.75, 3.05) is 36.8 Å². The van der Waals surface area contributed by atoms with Crippen molar-refractivity contribution in [3.63, 3.8) is 0 Å². The van der Waals surface area contributed by atoms with Crippen molar-refractivity contribution >= 4 is 23.4 Å². The van der Waals surface area contributed by atoms with Crippen LogP contribution in [-0.2, 0) is 11.3 Å². The second-order valence-electron chi connectivity index (χ2n) is 3.92. The molecule has 0 fully saturated rings. The molecular weight excluding hydrogens is 236 g/mol. The lowest BCUT2D eigenvalue weighted by atomic mass is 10.3. The molecule has 0 aliphatic rings. The van der Waals surface area contributed by atoms with Gasteiger partial charge in [-0.1, -0.05) is 0 Å². The number of nitrogens with two attached hydrogens (primary N) is 1. The largest absolute Gasteiger partial charge is 0.384 e. The Kier molecular flexibility index (Phi) is 5.50. The maximum absolute atomic E-state index is 5.76. The Morgan fingerprint density at radius 2 is 2.24 bits per heavy atom. The molecule has 2 N–H and O–H groups in total. The average Bonchev–Trinajstić information content (AvgIpc) is 2.28. The van der Waals surface area contributed by atoms with Gasteiger partial charge >= 0.3 is 0 Å². The first-order valence-electron chi connectivity index (χ1n) is 5.42.